The first-order valence-corrected chi connectivity index (χ1v) is 5.56. The Morgan fingerprint density at radius 3 is 2.80 bits per heavy atom. The van der Waals surface area contributed by atoms with Crippen molar-refractivity contribution in [3.05, 3.63) is 35.4 Å². The second-order valence-electron chi connectivity index (χ2n) is 2.96. The van der Waals surface area contributed by atoms with Crippen LogP contribution in [0.25, 0.3) is 6.08 Å². The van der Waals surface area contributed by atoms with Crippen LogP contribution in [0.5, 0.6) is 5.75 Å². The summed E-state index contributed by atoms with van der Waals surface area (Å²) in [6, 6.07) is 4.21. The molecule has 0 spiro atoms. The number of phenols is 1. The predicted octanol–water partition coefficient (Wildman–Crippen LogP) is 2.89. The SMILES string of the molecule is O=C(O)c1ccc(O)c(C=CCCBr)c1. The van der Waals surface area contributed by atoms with E-state index in [-0.39, 0.29) is 11.3 Å². The fourth-order valence-electron chi connectivity index (χ4n) is 1.09. The molecule has 0 bridgehead atoms. The third-order valence-corrected chi connectivity index (χ3v) is 2.31. The lowest BCUT2D eigenvalue weighted by Gasteiger charge is -2.00. The molecule has 0 aliphatic rings. The molecule has 80 valence electrons. The van der Waals surface area contributed by atoms with Gasteiger partial charge >= 0.3 is 5.97 Å². The van der Waals surface area contributed by atoms with Crippen LogP contribution >= 0.6 is 15.9 Å². The average molecular weight is 271 g/mol. The highest BCUT2D eigenvalue weighted by atomic mass is 79.9. The Labute approximate surface area is 96.2 Å². The van der Waals surface area contributed by atoms with Gasteiger partial charge in [-0.15, -0.1) is 0 Å². The van der Waals surface area contributed by atoms with Crippen LogP contribution in [0.2, 0.25) is 0 Å². The summed E-state index contributed by atoms with van der Waals surface area (Å²) in [5, 5.41) is 19.1. The van der Waals surface area contributed by atoms with Crippen molar-refractivity contribution in [1.29, 1.82) is 0 Å². The van der Waals surface area contributed by atoms with E-state index in [1.165, 1.54) is 18.2 Å². The lowest BCUT2D eigenvalue weighted by molar-refractivity contribution is 0.0697. The molecule has 1 rings (SSSR count). The molecule has 0 unspecified atom stereocenters. The van der Waals surface area contributed by atoms with Crippen LogP contribution in [0.15, 0.2) is 24.3 Å². The minimum absolute atomic E-state index is 0.0887. The summed E-state index contributed by atoms with van der Waals surface area (Å²) >= 11 is 3.27. The van der Waals surface area contributed by atoms with Gasteiger partial charge in [0.1, 0.15) is 5.75 Å². The molecule has 0 aliphatic heterocycles. The minimum atomic E-state index is -0.995. The fraction of sp³-hybridized carbons (Fsp3) is 0.182. The smallest absolute Gasteiger partial charge is 0.335 e. The second-order valence-corrected chi connectivity index (χ2v) is 3.75. The van der Waals surface area contributed by atoms with Crippen LogP contribution in [-0.2, 0) is 0 Å². The number of halogens is 1. The number of carboxylic acids is 1. The zero-order valence-electron chi connectivity index (χ0n) is 7.98. The minimum Gasteiger partial charge on any atom is -0.507 e. The van der Waals surface area contributed by atoms with Crippen LogP contribution in [0.1, 0.15) is 22.3 Å². The molecule has 0 fully saturated rings. The molecule has 0 saturated heterocycles. The molecule has 0 amide bonds. The molecule has 0 radical (unpaired) electrons. The Morgan fingerprint density at radius 1 is 1.47 bits per heavy atom. The van der Waals surface area contributed by atoms with Gasteiger partial charge in [-0.2, -0.15) is 0 Å². The molecule has 0 saturated carbocycles. The van der Waals surface area contributed by atoms with Crippen LogP contribution in [0.4, 0.5) is 0 Å². The van der Waals surface area contributed by atoms with Crippen molar-refractivity contribution in [2.45, 2.75) is 6.42 Å². The number of phenolic OH excluding ortho intramolecular Hbond substituents is 1. The molecule has 1 aromatic carbocycles. The summed E-state index contributed by atoms with van der Waals surface area (Å²) in [4.78, 5) is 10.7. The average Bonchev–Trinajstić information content (AvgIpc) is 2.20. The van der Waals surface area contributed by atoms with E-state index in [1.807, 2.05) is 6.08 Å². The number of carbonyl (C=O) groups is 1. The first kappa shape index (κ1) is 11.8. The zero-order chi connectivity index (χ0) is 11.3. The van der Waals surface area contributed by atoms with E-state index in [0.29, 0.717) is 5.56 Å². The number of aromatic carboxylic acids is 1. The Bertz CT molecular complexity index is 385. The molecule has 0 aromatic heterocycles. The summed E-state index contributed by atoms with van der Waals surface area (Å²) in [5.41, 5.74) is 0.696. The molecule has 0 heterocycles. The summed E-state index contributed by atoms with van der Waals surface area (Å²) < 4.78 is 0. The third kappa shape index (κ3) is 3.40. The van der Waals surface area contributed by atoms with Crippen molar-refractivity contribution in [2.24, 2.45) is 0 Å². The molecular weight excluding hydrogens is 260 g/mol. The summed E-state index contributed by atoms with van der Waals surface area (Å²) in [6.07, 6.45) is 4.41. The van der Waals surface area contributed by atoms with Gasteiger partial charge in [-0.05, 0) is 24.6 Å². The summed E-state index contributed by atoms with van der Waals surface area (Å²) in [7, 11) is 0. The van der Waals surface area contributed by atoms with Crippen molar-refractivity contribution in [3.63, 3.8) is 0 Å². The van der Waals surface area contributed by atoms with E-state index >= 15 is 0 Å². The molecule has 15 heavy (non-hydrogen) atoms. The Hall–Kier alpha value is -1.29. The topological polar surface area (TPSA) is 57.5 Å². The van der Waals surface area contributed by atoms with Crippen molar-refractivity contribution in [1.82, 2.24) is 0 Å². The molecular formula is C11H11BrO3. The molecule has 2 N–H and O–H groups in total. The van der Waals surface area contributed by atoms with Gasteiger partial charge in [-0.3, -0.25) is 0 Å². The largest absolute Gasteiger partial charge is 0.507 e. The van der Waals surface area contributed by atoms with E-state index < -0.39 is 5.97 Å². The van der Waals surface area contributed by atoms with Crippen molar-refractivity contribution < 1.29 is 15.0 Å². The van der Waals surface area contributed by atoms with E-state index in [9.17, 15) is 9.90 Å². The van der Waals surface area contributed by atoms with Gasteiger partial charge < -0.3 is 10.2 Å². The maximum Gasteiger partial charge on any atom is 0.335 e. The quantitative estimate of drug-likeness (QED) is 0.828. The van der Waals surface area contributed by atoms with Crippen LogP contribution < -0.4 is 0 Å². The molecule has 0 aliphatic carbocycles. The second kappa shape index (κ2) is 5.56. The van der Waals surface area contributed by atoms with Gasteiger partial charge in [0.25, 0.3) is 0 Å². The van der Waals surface area contributed by atoms with Gasteiger partial charge in [-0.25, -0.2) is 4.79 Å². The van der Waals surface area contributed by atoms with Crippen LogP contribution in [-0.4, -0.2) is 21.5 Å². The number of carboxylic acid groups (broad SMARTS) is 1. The first-order chi connectivity index (χ1) is 7.15. The van der Waals surface area contributed by atoms with E-state index in [2.05, 4.69) is 15.9 Å². The number of benzene rings is 1. The number of alkyl halides is 1. The molecule has 0 atom stereocenters. The van der Waals surface area contributed by atoms with Gasteiger partial charge in [0.2, 0.25) is 0 Å². The maximum absolute atomic E-state index is 10.7. The lowest BCUT2D eigenvalue weighted by atomic mass is 10.1. The Morgan fingerprint density at radius 2 is 2.20 bits per heavy atom. The third-order valence-electron chi connectivity index (χ3n) is 1.85. The lowest BCUT2D eigenvalue weighted by Crippen LogP contribution is -1.95. The number of hydrogen-bond donors (Lipinski definition) is 2. The number of allylic oxidation sites excluding steroid dienone is 1. The highest BCUT2D eigenvalue weighted by Gasteiger charge is 2.05. The van der Waals surface area contributed by atoms with Crippen LogP contribution in [0.3, 0.4) is 0 Å². The first-order valence-electron chi connectivity index (χ1n) is 4.44. The maximum atomic E-state index is 10.7. The highest BCUT2D eigenvalue weighted by Crippen LogP contribution is 2.20. The zero-order valence-corrected chi connectivity index (χ0v) is 9.57. The molecule has 1 aromatic rings. The summed E-state index contributed by atoms with van der Waals surface area (Å²) in [5.74, 6) is -0.907. The number of hydrogen-bond acceptors (Lipinski definition) is 2. The van der Waals surface area contributed by atoms with E-state index in [4.69, 9.17) is 5.11 Å². The fourth-order valence-corrected chi connectivity index (χ4v) is 1.36. The molecule has 3 nitrogen and oxygen atoms in total. The van der Waals surface area contributed by atoms with Gasteiger partial charge in [0.05, 0.1) is 5.56 Å². The van der Waals surface area contributed by atoms with Crippen LogP contribution in [0, 0.1) is 0 Å². The van der Waals surface area contributed by atoms with Gasteiger partial charge in [-0.1, -0.05) is 28.1 Å². The number of rotatable bonds is 4. The predicted molar refractivity (Wildman–Crippen MR) is 62.5 cm³/mol. The summed E-state index contributed by atoms with van der Waals surface area (Å²) in [6.45, 7) is 0. The van der Waals surface area contributed by atoms with E-state index in [0.717, 1.165) is 11.8 Å². The standard InChI is InChI=1S/C11H11BrO3/c12-6-2-1-3-8-7-9(11(14)15)4-5-10(8)13/h1,3-5,7,13H,2,6H2,(H,14,15). The Balaban J connectivity index is 2.95. The monoisotopic (exact) mass is 270 g/mol. The van der Waals surface area contributed by atoms with Crippen molar-refractivity contribution >= 4 is 28.0 Å². The normalized spacial score (nSPS) is 10.7. The highest BCUT2D eigenvalue weighted by molar-refractivity contribution is 9.09. The van der Waals surface area contributed by atoms with E-state index in [1.54, 1.807) is 6.08 Å². The molecule has 4 heteroatoms. The van der Waals surface area contributed by atoms with Crippen molar-refractivity contribution in [2.75, 3.05) is 5.33 Å². The van der Waals surface area contributed by atoms with Gasteiger partial charge in [0.15, 0.2) is 0 Å². The number of aromatic hydroxyl groups is 1. The van der Waals surface area contributed by atoms with Crippen molar-refractivity contribution in [3.8, 4) is 5.75 Å². The Kier molecular flexibility index (Phi) is 4.37. The van der Waals surface area contributed by atoms with Gasteiger partial charge in [0, 0.05) is 10.9 Å².